The molecule has 0 aliphatic rings. The van der Waals surface area contributed by atoms with Crippen molar-refractivity contribution in [1.29, 1.82) is 0 Å². The summed E-state index contributed by atoms with van der Waals surface area (Å²) in [6.45, 7) is 8.71. The number of benzene rings is 1. The van der Waals surface area contributed by atoms with Gasteiger partial charge in [0, 0.05) is 0 Å². The molecule has 0 N–H and O–H groups in total. The van der Waals surface area contributed by atoms with Crippen molar-refractivity contribution in [2.75, 3.05) is 6.61 Å². The van der Waals surface area contributed by atoms with Gasteiger partial charge in [0.2, 0.25) is 0 Å². The lowest BCUT2D eigenvalue weighted by atomic mass is 10.0. The average molecular weight is 190 g/mol. The van der Waals surface area contributed by atoms with Crippen LogP contribution in [0.1, 0.15) is 31.4 Å². The normalized spacial score (nSPS) is 9.86. The molecule has 0 heterocycles. The van der Waals surface area contributed by atoms with Gasteiger partial charge in [0.15, 0.2) is 0 Å². The van der Waals surface area contributed by atoms with Crippen molar-refractivity contribution >= 4 is 6.08 Å². The summed E-state index contributed by atoms with van der Waals surface area (Å²) < 4.78 is 5.43. The van der Waals surface area contributed by atoms with E-state index in [1.54, 1.807) is 0 Å². The van der Waals surface area contributed by atoms with Gasteiger partial charge in [-0.1, -0.05) is 32.1 Å². The maximum atomic E-state index is 5.43. The number of hydrogen-bond donors (Lipinski definition) is 0. The summed E-state index contributed by atoms with van der Waals surface area (Å²) in [5, 5.41) is 0. The van der Waals surface area contributed by atoms with E-state index in [9.17, 15) is 0 Å². The van der Waals surface area contributed by atoms with E-state index in [1.165, 1.54) is 11.1 Å². The Bertz CT molecular complexity index is 302. The van der Waals surface area contributed by atoms with Gasteiger partial charge in [-0.05, 0) is 36.6 Å². The van der Waals surface area contributed by atoms with Crippen molar-refractivity contribution in [3.8, 4) is 5.75 Å². The summed E-state index contributed by atoms with van der Waals surface area (Å²) in [4.78, 5) is 0. The monoisotopic (exact) mass is 190 g/mol. The Balaban J connectivity index is 2.92. The molecule has 0 fully saturated rings. The summed E-state index contributed by atoms with van der Waals surface area (Å²) in [5.41, 5.74) is 2.55. The van der Waals surface area contributed by atoms with Crippen LogP contribution >= 0.6 is 0 Å². The van der Waals surface area contributed by atoms with Crippen LogP contribution < -0.4 is 4.74 Å². The molecule has 0 unspecified atom stereocenters. The highest BCUT2D eigenvalue weighted by molar-refractivity contribution is 5.54. The highest BCUT2D eigenvalue weighted by Crippen LogP contribution is 2.20. The highest BCUT2D eigenvalue weighted by atomic mass is 16.5. The predicted octanol–water partition coefficient (Wildman–Crippen LogP) is 3.68. The van der Waals surface area contributed by atoms with Gasteiger partial charge < -0.3 is 4.74 Å². The van der Waals surface area contributed by atoms with E-state index in [2.05, 4.69) is 25.6 Å². The minimum atomic E-state index is 0.712. The second-order valence-electron chi connectivity index (χ2n) is 3.25. The fourth-order valence-electron chi connectivity index (χ4n) is 1.52. The third-order valence-corrected chi connectivity index (χ3v) is 2.17. The zero-order valence-electron chi connectivity index (χ0n) is 9.05. The van der Waals surface area contributed by atoms with Gasteiger partial charge in [0.1, 0.15) is 5.75 Å². The first kappa shape index (κ1) is 10.8. The second-order valence-corrected chi connectivity index (χ2v) is 3.25. The molecular formula is C13H18O. The Morgan fingerprint density at radius 1 is 1.36 bits per heavy atom. The fourth-order valence-corrected chi connectivity index (χ4v) is 1.52. The van der Waals surface area contributed by atoms with E-state index in [0.717, 1.165) is 18.6 Å². The summed E-state index contributed by atoms with van der Waals surface area (Å²) in [5.74, 6) is 0.933. The zero-order valence-corrected chi connectivity index (χ0v) is 9.05. The second kappa shape index (κ2) is 5.48. The third-order valence-electron chi connectivity index (χ3n) is 2.17. The van der Waals surface area contributed by atoms with Crippen LogP contribution in [0.25, 0.3) is 6.08 Å². The van der Waals surface area contributed by atoms with Gasteiger partial charge in [-0.3, -0.25) is 0 Å². The molecule has 0 aliphatic heterocycles. The Kier molecular flexibility index (Phi) is 4.24. The van der Waals surface area contributed by atoms with Crippen LogP contribution in [-0.2, 0) is 6.42 Å². The van der Waals surface area contributed by atoms with Crippen LogP contribution in [0.15, 0.2) is 24.8 Å². The minimum Gasteiger partial charge on any atom is -0.494 e. The number of rotatable bonds is 5. The van der Waals surface area contributed by atoms with Crippen molar-refractivity contribution in [2.45, 2.75) is 26.7 Å². The van der Waals surface area contributed by atoms with E-state index in [0.29, 0.717) is 6.61 Å². The van der Waals surface area contributed by atoms with Crippen LogP contribution in [0, 0.1) is 0 Å². The van der Waals surface area contributed by atoms with Crippen molar-refractivity contribution in [2.24, 2.45) is 0 Å². The third kappa shape index (κ3) is 2.63. The lowest BCUT2D eigenvalue weighted by Gasteiger charge is -2.08. The van der Waals surface area contributed by atoms with Crippen molar-refractivity contribution in [3.63, 3.8) is 0 Å². The predicted molar refractivity (Wildman–Crippen MR) is 61.7 cm³/mol. The lowest BCUT2D eigenvalue weighted by molar-refractivity contribution is 0.340. The Morgan fingerprint density at radius 2 is 2.14 bits per heavy atom. The van der Waals surface area contributed by atoms with Crippen molar-refractivity contribution in [1.82, 2.24) is 0 Å². The van der Waals surface area contributed by atoms with Gasteiger partial charge in [-0.25, -0.2) is 0 Å². The van der Waals surface area contributed by atoms with Gasteiger partial charge in [-0.15, -0.1) is 0 Å². The summed E-state index contributed by atoms with van der Waals surface area (Å²) in [6, 6.07) is 6.22. The van der Waals surface area contributed by atoms with Gasteiger partial charge in [0.05, 0.1) is 6.61 Å². The molecule has 0 saturated carbocycles. The maximum Gasteiger partial charge on any atom is 0.119 e. The number of ether oxygens (including phenoxy) is 1. The first-order valence-electron chi connectivity index (χ1n) is 5.20. The van der Waals surface area contributed by atoms with Gasteiger partial charge in [0.25, 0.3) is 0 Å². The molecule has 1 aromatic carbocycles. The Morgan fingerprint density at radius 3 is 2.71 bits per heavy atom. The lowest BCUT2D eigenvalue weighted by Crippen LogP contribution is -1.94. The molecule has 0 spiro atoms. The maximum absolute atomic E-state index is 5.43. The van der Waals surface area contributed by atoms with Crippen LogP contribution in [0.3, 0.4) is 0 Å². The molecule has 1 aromatic rings. The number of hydrogen-bond acceptors (Lipinski definition) is 1. The molecule has 0 radical (unpaired) electrons. The van der Waals surface area contributed by atoms with Gasteiger partial charge >= 0.3 is 0 Å². The number of aryl methyl sites for hydroxylation is 1. The quantitative estimate of drug-likeness (QED) is 0.688. The van der Waals surface area contributed by atoms with E-state index < -0.39 is 0 Å². The molecular weight excluding hydrogens is 172 g/mol. The van der Waals surface area contributed by atoms with Crippen LogP contribution in [0.2, 0.25) is 0 Å². The molecule has 14 heavy (non-hydrogen) atoms. The smallest absolute Gasteiger partial charge is 0.119 e. The molecule has 76 valence electrons. The Labute approximate surface area is 86.4 Å². The molecule has 0 amide bonds. The summed E-state index contributed by atoms with van der Waals surface area (Å²) in [6.07, 6.45) is 4.16. The topological polar surface area (TPSA) is 9.23 Å². The minimum absolute atomic E-state index is 0.712. The van der Waals surface area contributed by atoms with Crippen LogP contribution in [0.5, 0.6) is 5.75 Å². The van der Waals surface area contributed by atoms with Crippen molar-refractivity contribution in [3.05, 3.63) is 35.9 Å². The molecule has 0 bridgehead atoms. The molecule has 1 nitrogen and oxygen atoms in total. The first-order chi connectivity index (χ1) is 6.81. The van der Waals surface area contributed by atoms with E-state index in [1.807, 2.05) is 19.1 Å². The summed E-state index contributed by atoms with van der Waals surface area (Å²) >= 11 is 0. The first-order valence-corrected chi connectivity index (χ1v) is 5.20. The molecule has 1 heteroatoms. The molecule has 0 atom stereocenters. The molecule has 1 rings (SSSR count). The van der Waals surface area contributed by atoms with E-state index in [-0.39, 0.29) is 0 Å². The Hall–Kier alpha value is -1.24. The molecule has 0 aliphatic carbocycles. The van der Waals surface area contributed by atoms with Gasteiger partial charge in [-0.2, -0.15) is 0 Å². The van der Waals surface area contributed by atoms with Crippen LogP contribution in [-0.4, -0.2) is 6.61 Å². The zero-order chi connectivity index (χ0) is 10.4. The van der Waals surface area contributed by atoms with E-state index in [4.69, 9.17) is 4.74 Å². The fraction of sp³-hybridized carbons (Fsp3) is 0.385. The summed E-state index contributed by atoms with van der Waals surface area (Å²) in [7, 11) is 0. The average Bonchev–Trinajstić information content (AvgIpc) is 2.21. The van der Waals surface area contributed by atoms with E-state index >= 15 is 0 Å². The highest BCUT2D eigenvalue weighted by Gasteiger charge is 2.00. The van der Waals surface area contributed by atoms with Crippen molar-refractivity contribution < 1.29 is 4.74 Å². The largest absolute Gasteiger partial charge is 0.494 e. The SMILES string of the molecule is C=Cc1cc(OCC)ccc1CCC. The molecule has 0 saturated heterocycles. The molecule has 0 aromatic heterocycles. The van der Waals surface area contributed by atoms with Crippen LogP contribution in [0.4, 0.5) is 0 Å². The standard InChI is InChI=1S/C13H18O/c1-4-7-12-8-9-13(14-6-3)10-11(12)5-2/h5,8-10H,2,4,6-7H2,1,3H3.